The molecule has 1 saturated heterocycles. The second kappa shape index (κ2) is 6.89. The van der Waals surface area contributed by atoms with Crippen LogP contribution in [0.3, 0.4) is 0 Å². The molecule has 1 atom stereocenters. The SMILES string of the molecule is CC1CCCN(C(=O)COC(=O)c2cccc(C#N)c2)C1. The van der Waals surface area contributed by atoms with Gasteiger partial charge >= 0.3 is 5.97 Å². The van der Waals surface area contributed by atoms with Gasteiger partial charge in [-0.25, -0.2) is 4.79 Å². The highest BCUT2D eigenvalue weighted by molar-refractivity contribution is 5.91. The molecule has 0 aliphatic carbocycles. The van der Waals surface area contributed by atoms with Crippen LogP contribution in [0.4, 0.5) is 0 Å². The number of hydrogen-bond donors (Lipinski definition) is 0. The number of nitrogens with zero attached hydrogens (tertiary/aromatic N) is 2. The van der Waals surface area contributed by atoms with Crippen LogP contribution in [0.25, 0.3) is 0 Å². The Kier molecular flexibility index (Phi) is 4.94. The fourth-order valence-corrected chi connectivity index (χ4v) is 2.43. The Hall–Kier alpha value is -2.35. The van der Waals surface area contributed by atoms with E-state index < -0.39 is 5.97 Å². The first kappa shape index (κ1) is 15.0. The lowest BCUT2D eigenvalue weighted by Gasteiger charge is -2.30. The number of piperidine rings is 1. The van der Waals surface area contributed by atoms with Crippen LogP contribution >= 0.6 is 0 Å². The molecule has 0 radical (unpaired) electrons. The maximum Gasteiger partial charge on any atom is 0.338 e. The van der Waals surface area contributed by atoms with Gasteiger partial charge in [-0.2, -0.15) is 5.26 Å². The molecule has 2 rings (SSSR count). The lowest BCUT2D eigenvalue weighted by molar-refractivity contribution is -0.136. The lowest BCUT2D eigenvalue weighted by atomic mass is 10.0. The Morgan fingerprint density at radius 2 is 2.29 bits per heavy atom. The van der Waals surface area contributed by atoms with Crippen LogP contribution in [0.1, 0.15) is 35.7 Å². The molecular weight excluding hydrogens is 268 g/mol. The van der Waals surface area contributed by atoms with Crippen molar-refractivity contribution in [1.29, 1.82) is 5.26 Å². The minimum absolute atomic E-state index is 0.161. The van der Waals surface area contributed by atoms with Crippen molar-refractivity contribution >= 4 is 11.9 Å². The summed E-state index contributed by atoms with van der Waals surface area (Å²) < 4.78 is 5.04. The molecular formula is C16H18N2O3. The topological polar surface area (TPSA) is 70.4 Å². The van der Waals surface area contributed by atoms with E-state index in [4.69, 9.17) is 10.00 Å². The maximum atomic E-state index is 12.0. The molecule has 1 amide bonds. The first-order chi connectivity index (χ1) is 10.1. The van der Waals surface area contributed by atoms with Gasteiger partial charge in [0.25, 0.3) is 5.91 Å². The molecule has 1 heterocycles. The fourth-order valence-electron chi connectivity index (χ4n) is 2.43. The van der Waals surface area contributed by atoms with Crippen molar-refractivity contribution in [2.75, 3.05) is 19.7 Å². The molecule has 0 aromatic heterocycles. The number of hydrogen-bond acceptors (Lipinski definition) is 4. The van der Waals surface area contributed by atoms with Gasteiger partial charge in [-0.15, -0.1) is 0 Å². The zero-order chi connectivity index (χ0) is 15.2. The van der Waals surface area contributed by atoms with Gasteiger partial charge in [0, 0.05) is 13.1 Å². The normalized spacial score (nSPS) is 17.9. The fraction of sp³-hybridized carbons (Fsp3) is 0.438. The number of ether oxygens (including phenoxy) is 1. The van der Waals surface area contributed by atoms with Crippen LogP contribution in [0.5, 0.6) is 0 Å². The number of benzene rings is 1. The van der Waals surface area contributed by atoms with Crippen molar-refractivity contribution in [1.82, 2.24) is 4.90 Å². The van der Waals surface area contributed by atoms with Gasteiger partial charge in [0.05, 0.1) is 17.2 Å². The molecule has 1 aromatic carbocycles. The van der Waals surface area contributed by atoms with Crippen molar-refractivity contribution in [3.05, 3.63) is 35.4 Å². The minimum atomic E-state index is -0.578. The van der Waals surface area contributed by atoms with Crippen molar-refractivity contribution in [2.24, 2.45) is 5.92 Å². The van der Waals surface area contributed by atoms with Crippen LogP contribution < -0.4 is 0 Å². The Morgan fingerprint density at radius 3 is 3.00 bits per heavy atom. The summed E-state index contributed by atoms with van der Waals surface area (Å²) in [6.45, 7) is 3.31. The lowest BCUT2D eigenvalue weighted by Crippen LogP contribution is -2.41. The standard InChI is InChI=1S/C16H18N2O3/c1-12-4-3-7-18(10-12)15(19)11-21-16(20)14-6-2-5-13(8-14)9-17/h2,5-6,8,12H,3-4,7,10-11H2,1H3. The second-order valence-electron chi connectivity index (χ2n) is 5.36. The van der Waals surface area contributed by atoms with E-state index in [1.165, 1.54) is 6.07 Å². The third-order valence-electron chi connectivity index (χ3n) is 3.56. The van der Waals surface area contributed by atoms with Gasteiger partial charge < -0.3 is 9.64 Å². The highest BCUT2D eigenvalue weighted by Crippen LogP contribution is 2.15. The van der Waals surface area contributed by atoms with E-state index in [0.29, 0.717) is 11.5 Å². The summed E-state index contributed by atoms with van der Waals surface area (Å²) in [5.41, 5.74) is 0.675. The predicted octanol–water partition coefficient (Wildman–Crippen LogP) is 1.97. The third-order valence-corrected chi connectivity index (χ3v) is 3.56. The second-order valence-corrected chi connectivity index (χ2v) is 5.36. The van der Waals surface area contributed by atoms with Gasteiger partial charge in [-0.05, 0) is 37.0 Å². The minimum Gasteiger partial charge on any atom is -0.452 e. The van der Waals surface area contributed by atoms with E-state index in [2.05, 4.69) is 6.92 Å². The highest BCUT2D eigenvalue weighted by Gasteiger charge is 2.22. The van der Waals surface area contributed by atoms with E-state index in [1.54, 1.807) is 23.1 Å². The molecule has 0 N–H and O–H groups in total. The van der Waals surface area contributed by atoms with Gasteiger partial charge in [-0.3, -0.25) is 4.79 Å². The summed E-state index contributed by atoms with van der Waals surface area (Å²) in [7, 11) is 0. The summed E-state index contributed by atoms with van der Waals surface area (Å²) in [6, 6.07) is 8.20. The molecule has 21 heavy (non-hydrogen) atoms. The molecule has 0 spiro atoms. The number of amides is 1. The number of esters is 1. The van der Waals surface area contributed by atoms with Crippen LogP contribution in [0.15, 0.2) is 24.3 Å². The van der Waals surface area contributed by atoms with Crippen molar-refractivity contribution in [3.8, 4) is 6.07 Å². The molecule has 1 aromatic rings. The highest BCUT2D eigenvalue weighted by atomic mass is 16.5. The van der Waals surface area contributed by atoms with Crippen molar-refractivity contribution < 1.29 is 14.3 Å². The van der Waals surface area contributed by atoms with Crippen LogP contribution in [0.2, 0.25) is 0 Å². The van der Waals surface area contributed by atoms with Gasteiger partial charge in [0.2, 0.25) is 0 Å². The summed E-state index contributed by atoms with van der Waals surface area (Å²) in [6.07, 6.45) is 2.12. The maximum absolute atomic E-state index is 12.0. The smallest absolute Gasteiger partial charge is 0.338 e. The zero-order valence-electron chi connectivity index (χ0n) is 12.0. The van der Waals surface area contributed by atoms with Crippen molar-refractivity contribution in [2.45, 2.75) is 19.8 Å². The van der Waals surface area contributed by atoms with E-state index >= 15 is 0 Å². The van der Waals surface area contributed by atoms with Gasteiger partial charge in [-0.1, -0.05) is 13.0 Å². The number of likely N-dealkylation sites (tertiary alicyclic amines) is 1. The van der Waals surface area contributed by atoms with Gasteiger partial charge in [0.15, 0.2) is 6.61 Å². The van der Waals surface area contributed by atoms with E-state index in [1.807, 2.05) is 6.07 Å². The monoisotopic (exact) mass is 286 g/mol. The summed E-state index contributed by atoms with van der Waals surface area (Å²) >= 11 is 0. The largest absolute Gasteiger partial charge is 0.452 e. The van der Waals surface area contributed by atoms with Crippen LogP contribution in [-0.4, -0.2) is 36.5 Å². The number of carbonyl (C=O) groups excluding carboxylic acids is 2. The number of nitriles is 1. The first-order valence-corrected chi connectivity index (χ1v) is 7.05. The Bertz CT molecular complexity index is 577. The molecule has 0 saturated carbocycles. The molecule has 0 bridgehead atoms. The summed E-state index contributed by atoms with van der Waals surface area (Å²) in [5, 5.41) is 8.79. The predicted molar refractivity (Wildman–Crippen MR) is 76.4 cm³/mol. The molecule has 5 nitrogen and oxygen atoms in total. The quantitative estimate of drug-likeness (QED) is 0.797. The molecule has 5 heteroatoms. The summed E-state index contributed by atoms with van der Waals surface area (Å²) in [5.74, 6) is -0.248. The van der Waals surface area contributed by atoms with Gasteiger partial charge in [0.1, 0.15) is 0 Å². The Balaban J connectivity index is 1.88. The Labute approximate surface area is 124 Å². The van der Waals surface area contributed by atoms with Crippen molar-refractivity contribution in [3.63, 3.8) is 0 Å². The molecule has 1 fully saturated rings. The molecule has 1 unspecified atom stereocenters. The van der Waals surface area contributed by atoms with E-state index in [-0.39, 0.29) is 18.1 Å². The number of carbonyl (C=O) groups is 2. The zero-order valence-corrected chi connectivity index (χ0v) is 12.0. The van der Waals surface area contributed by atoms with E-state index in [9.17, 15) is 9.59 Å². The average molecular weight is 286 g/mol. The first-order valence-electron chi connectivity index (χ1n) is 7.05. The Morgan fingerprint density at radius 1 is 1.48 bits per heavy atom. The number of rotatable bonds is 3. The molecule has 110 valence electrons. The molecule has 1 aliphatic rings. The van der Waals surface area contributed by atoms with Crippen LogP contribution in [0, 0.1) is 17.2 Å². The third kappa shape index (κ3) is 4.06. The molecule has 1 aliphatic heterocycles. The van der Waals surface area contributed by atoms with E-state index in [0.717, 1.165) is 25.9 Å². The average Bonchev–Trinajstić information content (AvgIpc) is 2.52. The summed E-state index contributed by atoms with van der Waals surface area (Å²) in [4.78, 5) is 25.6. The van der Waals surface area contributed by atoms with Crippen LogP contribution in [-0.2, 0) is 9.53 Å².